The van der Waals surface area contributed by atoms with Gasteiger partial charge >= 0.3 is 5.97 Å². The number of rotatable bonds is 3. The molecule has 0 unspecified atom stereocenters. The average molecular weight is 302 g/mol. The SMILES string of the molecule is O=C(O)[C@H]1CN(C(=O)Cn2ccc3ccccc32)CC[C@H]1O. The molecule has 2 heterocycles. The van der Waals surface area contributed by atoms with Crippen LogP contribution in [0, 0.1) is 5.92 Å². The Morgan fingerprint density at radius 3 is 2.77 bits per heavy atom. The van der Waals surface area contributed by atoms with E-state index in [0.717, 1.165) is 10.9 Å². The van der Waals surface area contributed by atoms with Gasteiger partial charge in [-0.3, -0.25) is 9.59 Å². The van der Waals surface area contributed by atoms with Gasteiger partial charge in [0.15, 0.2) is 0 Å². The Bertz CT molecular complexity index is 709. The lowest BCUT2D eigenvalue weighted by Gasteiger charge is -2.34. The summed E-state index contributed by atoms with van der Waals surface area (Å²) < 4.78 is 1.86. The van der Waals surface area contributed by atoms with E-state index in [4.69, 9.17) is 5.11 Å². The number of aliphatic hydroxyl groups is 1. The Balaban J connectivity index is 1.73. The molecule has 6 heteroatoms. The topological polar surface area (TPSA) is 82.8 Å². The zero-order valence-electron chi connectivity index (χ0n) is 12.1. The zero-order valence-corrected chi connectivity index (χ0v) is 12.1. The predicted molar refractivity (Wildman–Crippen MR) is 80.3 cm³/mol. The normalized spacial score (nSPS) is 22.0. The minimum atomic E-state index is -1.06. The highest BCUT2D eigenvalue weighted by Crippen LogP contribution is 2.19. The summed E-state index contributed by atoms with van der Waals surface area (Å²) in [7, 11) is 0. The van der Waals surface area contributed by atoms with E-state index in [1.165, 1.54) is 4.90 Å². The van der Waals surface area contributed by atoms with E-state index in [0.29, 0.717) is 13.0 Å². The van der Waals surface area contributed by atoms with Crippen molar-refractivity contribution in [2.45, 2.75) is 19.1 Å². The molecule has 0 bridgehead atoms. The summed E-state index contributed by atoms with van der Waals surface area (Å²) in [5.74, 6) is -2.09. The molecular formula is C16H18N2O4. The molecule has 1 aromatic heterocycles. The second kappa shape index (κ2) is 5.81. The first-order chi connectivity index (χ1) is 10.6. The quantitative estimate of drug-likeness (QED) is 0.884. The fraction of sp³-hybridized carbons (Fsp3) is 0.375. The van der Waals surface area contributed by atoms with Crippen LogP contribution in [0.3, 0.4) is 0 Å². The van der Waals surface area contributed by atoms with E-state index < -0.39 is 18.0 Å². The van der Waals surface area contributed by atoms with Gasteiger partial charge in [0, 0.05) is 24.8 Å². The summed E-state index contributed by atoms with van der Waals surface area (Å²) in [5, 5.41) is 19.9. The van der Waals surface area contributed by atoms with Crippen LogP contribution in [-0.4, -0.2) is 50.8 Å². The summed E-state index contributed by atoms with van der Waals surface area (Å²) in [6.45, 7) is 0.632. The molecule has 2 N–H and O–H groups in total. The molecule has 0 saturated carbocycles. The standard InChI is InChI=1S/C16H18N2O4/c19-14-6-8-18(9-12(14)16(21)22)15(20)10-17-7-5-11-3-1-2-4-13(11)17/h1-5,7,12,14,19H,6,8-10H2,(H,21,22)/t12-,14+/m0/s1. The van der Waals surface area contributed by atoms with E-state index in [-0.39, 0.29) is 19.0 Å². The van der Waals surface area contributed by atoms with Crippen molar-refractivity contribution < 1.29 is 19.8 Å². The third-order valence-corrected chi connectivity index (χ3v) is 4.23. The summed E-state index contributed by atoms with van der Waals surface area (Å²) in [4.78, 5) is 25.1. The average Bonchev–Trinajstić information content (AvgIpc) is 2.90. The lowest BCUT2D eigenvalue weighted by Crippen LogP contribution is -2.49. The number of para-hydroxylation sites is 1. The van der Waals surface area contributed by atoms with Gasteiger partial charge in [0.05, 0.1) is 6.10 Å². The number of hydrogen-bond donors (Lipinski definition) is 2. The third kappa shape index (κ3) is 2.69. The predicted octanol–water partition coefficient (Wildman–Crippen LogP) is 0.935. The number of aliphatic carboxylic acids is 1. The number of likely N-dealkylation sites (tertiary alicyclic amines) is 1. The van der Waals surface area contributed by atoms with Crippen LogP contribution in [0.1, 0.15) is 6.42 Å². The van der Waals surface area contributed by atoms with Gasteiger partial charge in [0.25, 0.3) is 0 Å². The molecule has 1 aliphatic heterocycles. The van der Waals surface area contributed by atoms with Gasteiger partial charge < -0.3 is 19.7 Å². The van der Waals surface area contributed by atoms with Crippen molar-refractivity contribution in [3.63, 3.8) is 0 Å². The van der Waals surface area contributed by atoms with Crippen molar-refractivity contribution in [1.82, 2.24) is 9.47 Å². The van der Waals surface area contributed by atoms with Crippen LogP contribution in [0.4, 0.5) is 0 Å². The highest BCUT2D eigenvalue weighted by Gasteiger charge is 2.34. The number of amides is 1. The fourth-order valence-electron chi connectivity index (χ4n) is 2.93. The number of fused-ring (bicyclic) bond motifs is 1. The van der Waals surface area contributed by atoms with Crippen LogP contribution in [0.5, 0.6) is 0 Å². The first kappa shape index (κ1) is 14.6. The smallest absolute Gasteiger partial charge is 0.310 e. The maximum absolute atomic E-state index is 12.4. The Labute approximate surface area is 127 Å². The highest BCUT2D eigenvalue weighted by molar-refractivity contribution is 5.83. The maximum Gasteiger partial charge on any atom is 0.310 e. The van der Waals surface area contributed by atoms with Gasteiger partial charge in [-0.25, -0.2) is 0 Å². The number of hydrogen-bond acceptors (Lipinski definition) is 3. The fourth-order valence-corrected chi connectivity index (χ4v) is 2.93. The molecule has 0 spiro atoms. The van der Waals surface area contributed by atoms with Crippen molar-refractivity contribution in [1.29, 1.82) is 0 Å². The number of benzene rings is 1. The van der Waals surface area contributed by atoms with Gasteiger partial charge in [-0.1, -0.05) is 18.2 Å². The molecule has 3 rings (SSSR count). The van der Waals surface area contributed by atoms with Crippen LogP contribution >= 0.6 is 0 Å². The Kier molecular flexibility index (Phi) is 3.85. The number of aliphatic hydroxyl groups excluding tert-OH is 1. The molecular weight excluding hydrogens is 284 g/mol. The van der Waals surface area contributed by atoms with Crippen LogP contribution in [0.25, 0.3) is 10.9 Å². The molecule has 1 aromatic carbocycles. The number of nitrogens with zero attached hydrogens (tertiary/aromatic N) is 2. The number of carbonyl (C=O) groups excluding carboxylic acids is 1. The lowest BCUT2D eigenvalue weighted by atomic mass is 9.95. The van der Waals surface area contributed by atoms with E-state index >= 15 is 0 Å². The lowest BCUT2D eigenvalue weighted by molar-refractivity contribution is -0.151. The van der Waals surface area contributed by atoms with Crippen molar-refractivity contribution >= 4 is 22.8 Å². The first-order valence-corrected chi connectivity index (χ1v) is 7.29. The van der Waals surface area contributed by atoms with Crippen molar-refractivity contribution in [3.8, 4) is 0 Å². The largest absolute Gasteiger partial charge is 0.481 e. The minimum Gasteiger partial charge on any atom is -0.481 e. The van der Waals surface area contributed by atoms with Crippen molar-refractivity contribution in [2.24, 2.45) is 5.92 Å². The molecule has 1 amide bonds. The van der Waals surface area contributed by atoms with Crippen LogP contribution in [0.15, 0.2) is 36.5 Å². The van der Waals surface area contributed by atoms with Gasteiger partial charge in [0.2, 0.25) is 5.91 Å². The van der Waals surface area contributed by atoms with Gasteiger partial charge in [-0.05, 0) is 23.9 Å². The molecule has 116 valence electrons. The Morgan fingerprint density at radius 1 is 1.23 bits per heavy atom. The molecule has 0 radical (unpaired) electrons. The third-order valence-electron chi connectivity index (χ3n) is 4.23. The van der Waals surface area contributed by atoms with Crippen molar-refractivity contribution in [3.05, 3.63) is 36.5 Å². The van der Waals surface area contributed by atoms with Gasteiger partial charge in [-0.2, -0.15) is 0 Å². The van der Waals surface area contributed by atoms with Crippen LogP contribution in [-0.2, 0) is 16.1 Å². The second-order valence-electron chi connectivity index (χ2n) is 5.64. The minimum absolute atomic E-state index is 0.0640. The van der Waals surface area contributed by atoms with Gasteiger partial charge in [-0.15, -0.1) is 0 Å². The number of carbonyl (C=O) groups is 2. The first-order valence-electron chi connectivity index (χ1n) is 7.29. The molecule has 6 nitrogen and oxygen atoms in total. The van der Waals surface area contributed by atoms with E-state index in [1.54, 1.807) is 0 Å². The van der Waals surface area contributed by atoms with Gasteiger partial charge in [0.1, 0.15) is 12.5 Å². The molecule has 1 saturated heterocycles. The molecule has 2 aromatic rings. The molecule has 1 aliphatic rings. The summed E-state index contributed by atoms with van der Waals surface area (Å²) in [5.41, 5.74) is 0.975. The monoisotopic (exact) mass is 302 g/mol. The zero-order chi connectivity index (χ0) is 15.7. The van der Waals surface area contributed by atoms with E-state index in [2.05, 4.69) is 0 Å². The Morgan fingerprint density at radius 2 is 2.00 bits per heavy atom. The number of aromatic nitrogens is 1. The molecule has 1 fully saturated rings. The molecule has 22 heavy (non-hydrogen) atoms. The number of carboxylic acids is 1. The number of piperidine rings is 1. The van der Waals surface area contributed by atoms with E-state index in [9.17, 15) is 14.7 Å². The summed E-state index contributed by atoms with van der Waals surface area (Å²) >= 11 is 0. The Hall–Kier alpha value is -2.34. The maximum atomic E-state index is 12.4. The summed E-state index contributed by atoms with van der Waals surface area (Å²) in [6.07, 6.45) is 1.28. The van der Waals surface area contributed by atoms with Crippen LogP contribution in [0.2, 0.25) is 0 Å². The summed E-state index contributed by atoms with van der Waals surface area (Å²) in [6, 6.07) is 9.73. The van der Waals surface area contributed by atoms with Crippen molar-refractivity contribution in [2.75, 3.05) is 13.1 Å². The number of carboxylic acid groups (broad SMARTS) is 1. The van der Waals surface area contributed by atoms with Crippen LogP contribution < -0.4 is 0 Å². The molecule has 0 aliphatic carbocycles. The second-order valence-corrected chi connectivity index (χ2v) is 5.64. The molecule has 2 atom stereocenters. The highest BCUT2D eigenvalue weighted by atomic mass is 16.4. The van der Waals surface area contributed by atoms with E-state index in [1.807, 2.05) is 41.1 Å².